The molecule has 4 aromatic rings. The van der Waals surface area contributed by atoms with Gasteiger partial charge < -0.3 is 16.0 Å². The van der Waals surface area contributed by atoms with E-state index in [1.807, 2.05) is 61.5 Å². The van der Waals surface area contributed by atoms with Crippen LogP contribution in [0, 0.1) is 0 Å². The maximum Gasteiger partial charge on any atom is 0.332 e. The van der Waals surface area contributed by atoms with Crippen molar-refractivity contribution in [1.29, 1.82) is 0 Å². The van der Waals surface area contributed by atoms with Crippen LogP contribution in [0.3, 0.4) is 0 Å². The summed E-state index contributed by atoms with van der Waals surface area (Å²) in [4.78, 5) is 46.2. The number of carbonyl (C=O) groups excluding carboxylic acids is 1. The molecule has 0 fully saturated rings. The molecular formula is C28H34N6O3. The van der Waals surface area contributed by atoms with Crippen LogP contribution in [0.2, 0.25) is 0 Å². The molecule has 9 heteroatoms. The number of hydrogen-bond acceptors (Lipinski definition) is 5. The van der Waals surface area contributed by atoms with Crippen LogP contribution in [0.25, 0.3) is 11.2 Å². The van der Waals surface area contributed by atoms with Gasteiger partial charge in [-0.1, -0.05) is 49.4 Å². The van der Waals surface area contributed by atoms with Crippen LogP contribution >= 0.6 is 0 Å². The zero-order valence-electron chi connectivity index (χ0n) is 21.2. The van der Waals surface area contributed by atoms with E-state index in [0.29, 0.717) is 62.3 Å². The van der Waals surface area contributed by atoms with Crippen molar-refractivity contribution in [2.45, 2.75) is 58.5 Å². The highest BCUT2D eigenvalue weighted by Crippen LogP contribution is 2.14. The van der Waals surface area contributed by atoms with Gasteiger partial charge in [-0.25, -0.2) is 9.78 Å². The number of fused-ring (bicyclic) bond motifs is 1. The molecule has 0 aliphatic rings. The third-order valence-electron chi connectivity index (χ3n) is 6.29. The molecule has 0 unspecified atom stereocenters. The molecule has 0 bridgehead atoms. The lowest BCUT2D eigenvalue weighted by Gasteiger charge is -2.11. The first kappa shape index (κ1) is 26.1. The SMILES string of the molecule is CCCn1c(=O)c2[nH]c(Cc3ccccc3)nc2n(CCc2ccc(NC(=O)CCCCN)cc2)c1=O. The van der Waals surface area contributed by atoms with Crippen LogP contribution in [-0.4, -0.2) is 31.6 Å². The smallest absolute Gasteiger partial charge is 0.332 e. The lowest BCUT2D eigenvalue weighted by Crippen LogP contribution is -2.40. The molecule has 0 atom stereocenters. The van der Waals surface area contributed by atoms with Crippen LogP contribution in [0.1, 0.15) is 49.6 Å². The first-order valence-electron chi connectivity index (χ1n) is 12.8. The fraction of sp³-hybridized carbons (Fsp3) is 0.357. The number of nitrogens with zero attached hydrogens (tertiary/aromatic N) is 3. The Morgan fingerprint density at radius 1 is 0.973 bits per heavy atom. The van der Waals surface area contributed by atoms with Crippen molar-refractivity contribution in [3.05, 3.63) is 92.4 Å². The van der Waals surface area contributed by atoms with Gasteiger partial charge in [0.15, 0.2) is 5.65 Å². The summed E-state index contributed by atoms with van der Waals surface area (Å²) < 4.78 is 2.88. The Labute approximate surface area is 215 Å². The van der Waals surface area contributed by atoms with Gasteiger partial charge >= 0.3 is 5.69 Å². The van der Waals surface area contributed by atoms with Gasteiger partial charge in [0.25, 0.3) is 5.56 Å². The minimum Gasteiger partial charge on any atom is -0.336 e. The summed E-state index contributed by atoms with van der Waals surface area (Å²) in [5, 5.41) is 2.90. The molecule has 0 saturated heterocycles. The third-order valence-corrected chi connectivity index (χ3v) is 6.29. The number of nitrogens with two attached hydrogens (primary N) is 1. The van der Waals surface area contributed by atoms with Gasteiger partial charge in [-0.05, 0) is 55.5 Å². The number of benzene rings is 2. The maximum atomic E-state index is 13.3. The lowest BCUT2D eigenvalue weighted by atomic mass is 10.1. The van der Waals surface area contributed by atoms with Crippen LogP contribution in [-0.2, 0) is 30.7 Å². The van der Waals surface area contributed by atoms with E-state index >= 15 is 0 Å². The zero-order chi connectivity index (χ0) is 26.2. The van der Waals surface area contributed by atoms with Crippen molar-refractivity contribution in [3.8, 4) is 0 Å². The maximum absolute atomic E-state index is 13.3. The van der Waals surface area contributed by atoms with Gasteiger partial charge in [0.05, 0.1) is 0 Å². The molecule has 9 nitrogen and oxygen atoms in total. The van der Waals surface area contributed by atoms with Crippen LogP contribution in [0.5, 0.6) is 0 Å². The highest BCUT2D eigenvalue weighted by Gasteiger charge is 2.17. The molecule has 2 heterocycles. The van der Waals surface area contributed by atoms with Crippen molar-refractivity contribution < 1.29 is 4.79 Å². The second kappa shape index (κ2) is 12.3. The van der Waals surface area contributed by atoms with E-state index in [1.54, 1.807) is 4.57 Å². The average molecular weight is 503 g/mol. The molecular weight excluding hydrogens is 468 g/mol. The van der Waals surface area contributed by atoms with Crippen molar-refractivity contribution in [1.82, 2.24) is 19.1 Å². The Bertz CT molecular complexity index is 1450. The molecule has 4 N–H and O–H groups in total. The molecule has 2 aromatic heterocycles. The van der Waals surface area contributed by atoms with Crippen LogP contribution in [0.4, 0.5) is 5.69 Å². The predicted octanol–water partition coefficient (Wildman–Crippen LogP) is 3.20. The number of H-pyrrole nitrogens is 1. The zero-order valence-corrected chi connectivity index (χ0v) is 21.2. The summed E-state index contributed by atoms with van der Waals surface area (Å²) in [6.07, 6.45) is 3.83. The Morgan fingerprint density at radius 3 is 2.43 bits per heavy atom. The number of carbonyl (C=O) groups is 1. The first-order valence-corrected chi connectivity index (χ1v) is 12.8. The molecule has 0 radical (unpaired) electrons. The average Bonchev–Trinajstić information content (AvgIpc) is 3.32. The number of imidazole rings is 1. The summed E-state index contributed by atoms with van der Waals surface area (Å²) in [5.41, 5.74) is 8.34. The summed E-state index contributed by atoms with van der Waals surface area (Å²) >= 11 is 0. The topological polar surface area (TPSA) is 128 Å². The van der Waals surface area contributed by atoms with Gasteiger partial charge in [0.1, 0.15) is 11.3 Å². The number of aryl methyl sites for hydroxylation is 2. The van der Waals surface area contributed by atoms with Crippen molar-refractivity contribution in [2.24, 2.45) is 5.73 Å². The molecule has 194 valence electrons. The monoisotopic (exact) mass is 502 g/mol. The third kappa shape index (κ3) is 6.42. The fourth-order valence-corrected chi connectivity index (χ4v) is 4.36. The quantitative estimate of drug-likeness (QED) is 0.256. The van der Waals surface area contributed by atoms with E-state index in [0.717, 1.165) is 29.7 Å². The molecule has 0 spiro atoms. The normalized spacial score (nSPS) is 11.2. The Kier molecular flexibility index (Phi) is 8.68. The minimum absolute atomic E-state index is 0.0295. The minimum atomic E-state index is -0.349. The number of hydrogen-bond donors (Lipinski definition) is 3. The van der Waals surface area contributed by atoms with Crippen LogP contribution < -0.4 is 22.3 Å². The highest BCUT2D eigenvalue weighted by atomic mass is 16.2. The number of unbranched alkanes of at least 4 members (excludes halogenated alkanes) is 1. The van der Waals surface area contributed by atoms with Crippen molar-refractivity contribution in [3.63, 3.8) is 0 Å². The molecule has 37 heavy (non-hydrogen) atoms. The first-order chi connectivity index (χ1) is 18.0. The van der Waals surface area contributed by atoms with Gasteiger partial charge in [0, 0.05) is 31.6 Å². The highest BCUT2D eigenvalue weighted by molar-refractivity contribution is 5.90. The van der Waals surface area contributed by atoms with Crippen molar-refractivity contribution >= 4 is 22.8 Å². The Balaban J connectivity index is 1.55. The lowest BCUT2D eigenvalue weighted by molar-refractivity contribution is -0.116. The second-order valence-corrected chi connectivity index (χ2v) is 9.18. The standard InChI is InChI=1S/C28H34N6O3/c1-2-17-34-27(36)25-26(32-23(31-25)19-21-8-4-3-5-9-21)33(28(34)37)18-15-20-11-13-22(14-12-20)30-24(35)10-6-7-16-29/h3-5,8-9,11-14H,2,6-7,10,15-19,29H2,1H3,(H,30,35)(H,31,32). The summed E-state index contributed by atoms with van der Waals surface area (Å²) in [5.74, 6) is 0.616. The van der Waals surface area contributed by atoms with E-state index in [1.165, 1.54) is 4.57 Å². The van der Waals surface area contributed by atoms with E-state index in [9.17, 15) is 14.4 Å². The Hall–Kier alpha value is -3.98. The second-order valence-electron chi connectivity index (χ2n) is 9.18. The van der Waals surface area contributed by atoms with Crippen LogP contribution in [0.15, 0.2) is 64.2 Å². The summed E-state index contributed by atoms with van der Waals surface area (Å²) in [7, 11) is 0. The Morgan fingerprint density at radius 2 is 1.73 bits per heavy atom. The van der Waals surface area contributed by atoms with Gasteiger partial charge in [-0.15, -0.1) is 0 Å². The van der Waals surface area contributed by atoms with Crippen molar-refractivity contribution in [2.75, 3.05) is 11.9 Å². The van der Waals surface area contributed by atoms with E-state index in [4.69, 9.17) is 5.73 Å². The number of amides is 1. The largest absolute Gasteiger partial charge is 0.336 e. The fourth-order valence-electron chi connectivity index (χ4n) is 4.36. The molecule has 1 amide bonds. The molecule has 0 saturated carbocycles. The number of rotatable bonds is 12. The van der Waals surface area contributed by atoms with Gasteiger partial charge in [-0.3, -0.25) is 18.7 Å². The van der Waals surface area contributed by atoms with E-state index in [-0.39, 0.29) is 17.2 Å². The molecule has 2 aromatic carbocycles. The van der Waals surface area contributed by atoms with E-state index < -0.39 is 0 Å². The molecule has 0 aliphatic carbocycles. The number of nitrogens with one attached hydrogen (secondary N) is 2. The number of anilines is 1. The summed E-state index contributed by atoms with van der Waals surface area (Å²) in [6.45, 7) is 3.24. The number of aromatic amines is 1. The van der Waals surface area contributed by atoms with E-state index in [2.05, 4.69) is 15.3 Å². The van der Waals surface area contributed by atoms with Gasteiger partial charge in [-0.2, -0.15) is 0 Å². The summed E-state index contributed by atoms with van der Waals surface area (Å²) in [6, 6.07) is 17.5. The molecule has 0 aliphatic heterocycles. The molecule has 4 rings (SSSR count). The predicted molar refractivity (Wildman–Crippen MR) is 146 cm³/mol. The number of aromatic nitrogens is 4. The van der Waals surface area contributed by atoms with Gasteiger partial charge in [0.2, 0.25) is 5.91 Å².